The fourth-order valence-corrected chi connectivity index (χ4v) is 3.35. The summed E-state index contributed by atoms with van der Waals surface area (Å²) in [5.41, 5.74) is 7.17. The fraction of sp³-hybridized carbons (Fsp3) is 0.588. The molecule has 0 bridgehead atoms. The zero-order chi connectivity index (χ0) is 18.0. The van der Waals surface area contributed by atoms with E-state index in [0.29, 0.717) is 26.1 Å². The van der Waals surface area contributed by atoms with Crippen LogP contribution in [0.3, 0.4) is 0 Å². The van der Waals surface area contributed by atoms with E-state index >= 15 is 0 Å². The zero-order valence-corrected chi connectivity index (χ0v) is 14.5. The average molecular weight is 353 g/mol. The van der Waals surface area contributed by atoms with Gasteiger partial charge in [0.1, 0.15) is 6.10 Å². The van der Waals surface area contributed by atoms with Gasteiger partial charge in [-0.25, -0.2) is 9.18 Å². The smallest absolute Gasteiger partial charge is 0.414 e. The maximum absolute atomic E-state index is 14.5. The molecule has 2 fully saturated rings. The van der Waals surface area contributed by atoms with Gasteiger partial charge in [-0.1, -0.05) is 0 Å². The van der Waals surface area contributed by atoms with Crippen LogP contribution in [0.25, 0.3) is 0 Å². The number of cyclic esters (lactones) is 1. The number of halogens is 1. The van der Waals surface area contributed by atoms with Crippen molar-refractivity contribution in [3.63, 3.8) is 0 Å². The summed E-state index contributed by atoms with van der Waals surface area (Å²) in [6.45, 7) is 1.53. The van der Waals surface area contributed by atoms with E-state index in [2.05, 4.69) is 0 Å². The van der Waals surface area contributed by atoms with E-state index in [0.717, 1.165) is 11.4 Å². The highest BCUT2D eigenvalue weighted by Crippen LogP contribution is 2.32. The van der Waals surface area contributed by atoms with Crippen molar-refractivity contribution in [2.24, 2.45) is 5.73 Å². The molecular formula is C17H24FN3O4. The normalized spacial score (nSPS) is 26.0. The first kappa shape index (κ1) is 17.9. The molecule has 0 spiro atoms. The second-order valence-electron chi connectivity index (χ2n) is 6.25. The van der Waals surface area contributed by atoms with E-state index in [9.17, 15) is 9.18 Å². The number of nitrogens with two attached hydrogens (primary N) is 1. The number of carbonyl (C=O) groups is 1. The van der Waals surface area contributed by atoms with Crippen LogP contribution in [0.4, 0.5) is 20.6 Å². The molecule has 7 nitrogen and oxygen atoms in total. The van der Waals surface area contributed by atoms with E-state index in [-0.39, 0.29) is 12.6 Å². The van der Waals surface area contributed by atoms with Crippen molar-refractivity contribution >= 4 is 17.5 Å². The van der Waals surface area contributed by atoms with Crippen molar-refractivity contribution in [2.75, 3.05) is 50.2 Å². The molecule has 1 aromatic rings. The Labute approximate surface area is 146 Å². The summed E-state index contributed by atoms with van der Waals surface area (Å²) in [4.78, 5) is 15.4. The Hall–Kier alpha value is -1.90. The molecule has 1 aromatic carbocycles. The number of hydrogen-bond donors (Lipinski definition) is 1. The molecule has 2 aliphatic heterocycles. The van der Waals surface area contributed by atoms with Gasteiger partial charge >= 0.3 is 6.09 Å². The molecular weight excluding hydrogens is 329 g/mol. The minimum absolute atomic E-state index is 0.183. The molecule has 0 saturated carbocycles. The zero-order valence-electron chi connectivity index (χ0n) is 14.5. The number of carbonyl (C=O) groups excluding carboxylic acids is 1. The lowest BCUT2D eigenvalue weighted by Crippen LogP contribution is -2.55. The van der Waals surface area contributed by atoms with E-state index in [4.69, 9.17) is 19.9 Å². The largest absolute Gasteiger partial charge is 0.443 e. The second-order valence-corrected chi connectivity index (χ2v) is 6.25. The molecule has 0 aromatic heterocycles. The van der Waals surface area contributed by atoms with Gasteiger partial charge in [0, 0.05) is 45.1 Å². The number of benzene rings is 1. The van der Waals surface area contributed by atoms with Gasteiger partial charge in [0.05, 0.1) is 13.1 Å². The monoisotopic (exact) mass is 353 g/mol. The Morgan fingerprint density at radius 2 is 1.88 bits per heavy atom. The van der Waals surface area contributed by atoms with Crippen molar-refractivity contribution < 1.29 is 23.4 Å². The van der Waals surface area contributed by atoms with Gasteiger partial charge in [-0.3, -0.25) is 4.90 Å². The standard InChI is InChI=1S/C17H24FN3O4/c1-23-17(24-2)7-8-20(11-15(17)18)12-3-5-13(6-4-12)21-10-14(9-19)25-16(21)22/h3-6,14-15H,7-11,19H2,1-2H3/t14-,15?/m0/s1. The molecule has 2 saturated heterocycles. The molecule has 0 radical (unpaired) electrons. The van der Waals surface area contributed by atoms with Gasteiger partial charge in [0.25, 0.3) is 0 Å². The van der Waals surface area contributed by atoms with Crippen LogP contribution in [0.1, 0.15) is 6.42 Å². The quantitative estimate of drug-likeness (QED) is 0.809. The van der Waals surface area contributed by atoms with E-state index in [1.807, 2.05) is 29.2 Å². The highest BCUT2D eigenvalue weighted by molar-refractivity contribution is 5.90. The fourth-order valence-electron chi connectivity index (χ4n) is 3.35. The van der Waals surface area contributed by atoms with Crippen LogP contribution in [0.15, 0.2) is 24.3 Å². The van der Waals surface area contributed by atoms with Crippen molar-refractivity contribution in [1.82, 2.24) is 0 Å². The van der Waals surface area contributed by atoms with Crippen LogP contribution in [0, 0.1) is 0 Å². The summed E-state index contributed by atoms with van der Waals surface area (Å²) >= 11 is 0. The molecule has 2 atom stereocenters. The number of rotatable bonds is 5. The number of ether oxygens (including phenoxy) is 3. The maximum atomic E-state index is 14.5. The van der Waals surface area contributed by atoms with Gasteiger partial charge in [0.2, 0.25) is 5.79 Å². The Bertz CT molecular complexity index is 608. The Balaban J connectivity index is 1.68. The first-order chi connectivity index (χ1) is 12.0. The number of nitrogens with zero attached hydrogens (tertiary/aromatic N) is 2. The SMILES string of the molecule is COC1(OC)CCN(c2ccc(N3C[C@H](CN)OC3=O)cc2)CC1F. The molecule has 1 unspecified atom stereocenters. The van der Waals surface area contributed by atoms with Crippen molar-refractivity contribution in [1.29, 1.82) is 0 Å². The van der Waals surface area contributed by atoms with Gasteiger partial charge in [-0.15, -0.1) is 0 Å². The number of piperidine rings is 1. The molecule has 138 valence electrons. The van der Waals surface area contributed by atoms with Crippen LogP contribution in [0.5, 0.6) is 0 Å². The second kappa shape index (κ2) is 7.15. The average Bonchev–Trinajstić information content (AvgIpc) is 3.03. The maximum Gasteiger partial charge on any atom is 0.414 e. The topological polar surface area (TPSA) is 77.3 Å². The molecule has 25 heavy (non-hydrogen) atoms. The van der Waals surface area contributed by atoms with Crippen LogP contribution in [0.2, 0.25) is 0 Å². The lowest BCUT2D eigenvalue weighted by Gasteiger charge is -2.42. The van der Waals surface area contributed by atoms with Crippen LogP contribution < -0.4 is 15.5 Å². The molecule has 3 rings (SSSR count). The van der Waals surface area contributed by atoms with E-state index in [1.54, 1.807) is 4.90 Å². The number of methoxy groups -OCH3 is 2. The summed E-state index contributed by atoms with van der Waals surface area (Å²) in [7, 11) is 2.93. The summed E-state index contributed by atoms with van der Waals surface area (Å²) in [6.07, 6.45) is -1.50. The summed E-state index contributed by atoms with van der Waals surface area (Å²) in [5.74, 6) is -1.17. The minimum atomic E-state index is -1.25. The number of alkyl halides is 1. The van der Waals surface area contributed by atoms with Gasteiger partial charge in [0.15, 0.2) is 6.17 Å². The van der Waals surface area contributed by atoms with Crippen LogP contribution in [-0.2, 0) is 14.2 Å². The first-order valence-electron chi connectivity index (χ1n) is 8.30. The van der Waals surface area contributed by atoms with E-state index in [1.165, 1.54) is 14.2 Å². The van der Waals surface area contributed by atoms with Crippen LogP contribution in [-0.4, -0.2) is 64.6 Å². The predicted octanol–water partition coefficient (Wildman–Crippen LogP) is 1.51. The van der Waals surface area contributed by atoms with E-state index < -0.39 is 18.1 Å². The molecule has 8 heteroatoms. The van der Waals surface area contributed by atoms with Crippen molar-refractivity contribution in [2.45, 2.75) is 24.5 Å². The predicted molar refractivity (Wildman–Crippen MR) is 91.6 cm³/mol. The molecule has 2 aliphatic rings. The number of anilines is 2. The third kappa shape index (κ3) is 3.29. The van der Waals surface area contributed by atoms with Gasteiger partial charge in [-0.2, -0.15) is 0 Å². The Kier molecular flexibility index (Phi) is 5.12. The summed E-state index contributed by atoms with van der Waals surface area (Å²) in [6, 6.07) is 7.41. The van der Waals surface area contributed by atoms with Crippen molar-refractivity contribution in [3.8, 4) is 0 Å². The highest BCUT2D eigenvalue weighted by atomic mass is 19.1. The Morgan fingerprint density at radius 1 is 1.24 bits per heavy atom. The number of amides is 1. The number of hydrogen-bond acceptors (Lipinski definition) is 6. The minimum Gasteiger partial charge on any atom is -0.443 e. The summed E-state index contributed by atoms with van der Waals surface area (Å²) < 4.78 is 30.2. The Morgan fingerprint density at radius 3 is 2.40 bits per heavy atom. The first-order valence-corrected chi connectivity index (χ1v) is 8.30. The lowest BCUT2D eigenvalue weighted by molar-refractivity contribution is -0.249. The molecule has 2 N–H and O–H groups in total. The lowest BCUT2D eigenvalue weighted by atomic mass is 10.0. The van der Waals surface area contributed by atoms with Gasteiger partial charge in [-0.05, 0) is 24.3 Å². The summed E-state index contributed by atoms with van der Waals surface area (Å²) in [5, 5.41) is 0. The molecule has 0 aliphatic carbocycles. The van der Waals surface area contributed by atoms with Gasteiger partial charge < -0.3 is 24.8 Å². The third-order valence-electron chi connectivity index (χ3n) is 4.94. The third-order valence-corrected chi connectivity index (χ3v) is 4.94. The van der Waals surface area contributed by atoms with Crippen molar-refractivity contribution in [3.05, 3.63) is 24.3 Å². The molecule has 2 heterocycles. The van der Waals surface area contributed by atoms with Crippen LogP contribution >= 0.6 is 0 Å². The highest BCUT2D eigenvalue weighted by Gasteiger charge is 2.44. The molecule has 1 amide bonds.